The number of fused-ring (bicyclic) bond motifs is 1. The Hall–Kier alpha value is -4.47. The van der Waals surface area contributed by atoms with Gasteiger partial charge in [0, 0.05) is 21.7 Å². The third-order valence-corrected chi connectivity index (χ3v) is 9.05. The maximum atomic E-state index is 14.2. The number of hydrogen-bond donors (Lipinski definition) is 0. The molecule has 0 spiro atoms. The smallest absolute Gasteiger partial charge is 0.338 e. The maximum absolute atomic E-state index is 14.2. The topological polar surface area (TPSA) is 83.0 Å². The number of methoxy groups -OCH3 is 1. The van der Waals surface area contributed by atoms with Crippen molar-refractivity contribution in [3.8, 4) is 17.1 Å². The Balaban J connectivity index is 1.58. The molecule has 6 rings (SSSR count). The first kappa shape index (κ1) is 29.6. The molecule has 222 valence electrons. The van der Waals surface area contributed by atoms with Gasteiger partial charge in [0.05, 0.1) is 35.6 Å². The van der Waals surface area contributed by atoms with Gasteiger partial charge in [0.2, 0.25) is 0 Å². The molecule has 5 aromatic rings. The van der Waals surface area contributed by atoms with Gasteiger partial charge < -0.3 is 13.9 Å². The van der Waals surface area contributed by atoms with E-state index in [4.69, 9.17) is 18.9 Å². The Labute approximate surface area is 266 Å². The van der Waals surface area contributed by atoms with Crippen LogP contribution < -0.4 is 19.6 Å². The Morgan fingerprint density at radius 1 is 1.07 bits per heavy atom. The fourth-order valence-electron chi connectivity index (χ4n) is 5.29. The summed E-state index contributed by atoms with van der Waals surface area (Å²) in [5, 5.41) is 0. The predicted octanol–water partition coefficient (Wildman–Crippen LogP) is 6.58. The number of aryl methyl sites for hydroxylation is 2. The summed E-state index contributed by atoms with van der Waals surface area (Å²) in [5.74, 6) is 1.32. The van der Waals surface area contributed by atoms with Crippen molar-refractivity contribution >= 4 is 45.0 Å². The van der Waals surface area contributed by atoms with E-state index in [0.717, 1.165) is 26.7 Å². The maximum Gasteiger partial charge on any atom is 0.338 e. The molecule has 3 heterocycles. The van der Waals surface area contributed by atoms with Crippen LogP contribution in [0, 0.1) is 13.8 Å². The molecule has 44 heavy (non-hydrogen) atoms. The number of thiazole rings is 1. The number of hydrogen-bond acceptors (Lipinski definition) is 7. The van der Waals surface area contributed by atoms with Crippen LogP contribution in [0.25, 0.3) is 23.1 Å². The third kappa shape index (κ3) is 5.49. The monoisotopic (exact) mass is 668 g/mol. The molecule has 3 aromatic carbocycles. The molecule has 2 aromatic heterocycles. The van der Waals surface area contributed by atoms with Crippen LogP contribution in [0.2, 0.25) is 0 Å². The number of benzene rings is 3. The molecule has 1 aliphatic heterocycles. The van der Waals surface area contributed by atoms with Crippen molar-refractivity contribution < 1.29 is 18.7 Å². The highest BCUT2D eigenvalue weighted by atomic mass is 79.9. The van der Waals surface area contributed by atoms with E-state index in [1.54, 1.807) is 24.7 Å². The van der Waals surface area contributed by atoms with E-state index in [1.165, 1.54) is 11.3 Å². The number of nitrogens with zero attached hydrogens (tertiary/aromatic N) is 2. The Morgan fingerprint density at radius 3 is 2.59 bits per heavy atom. The summed E-state index contributed by atoms with van der Waals surface area (Å²) in [7, 11) is 1.60. The van der Waals surface area contributed by atoms with Crippen LogP contribution >= 0.6 is 27.3 Å². The van der Waals surface area contributed by atoms with Crippen molar-refractivity contribution in [3.63, 3.8) is 0 Å². The van der Waals surface area contributed by atoms with Gasteiger partial charge in [-0.25, -0.2) is 9.79 Å². The molecule has 0 saturated carbocycles. The van der Waals surface area contributed by atoms with Crippen LogP contribution in [0.15, 0.2) is 103 Å². The molecule has 0 unspecified atom stereocenters. The lowest BCUT2D eigenvalue weighted by atomic mass is 9.92. The average Bonchev–Trinajstić information content (AvgIpc) is 3.61. The van der Waals surface area contributed by atoms with Crippen molar-refractivity contribution in [1.29, 1.82) is 0 Å². The molecule has 0 fully saturated rings. The number of halogens is 1. The minimum Gasteiger partial charge on any atom is -0.496 e. The number of carbonyl (C=O) groups is 1. The van der Waals surface area contributed by atoms with Gasteiger partial charge in [0.25, 0.3) is 5.56 Å². The average molecular weight is 670 g/mol. The highest BCUT2D eigenvalue weighted by Gasteiger charge is 2.35. The van der Waals surface area contributed by atoms with Gasteiger partial charge in [0.1, 0.15) is 17.3 Å². The summed E-state index contributed by atoms with van der Waals surface area (Å²) in [6.45, 7) is 5.90. The van der Waals surface area contributed by atoms with Crippen molar-refractivity contribution in [3.05, 3.63) is 137 Å². The second-order valence-corrected chi connectivity index (χ2v) is 12.2. The molecular weight excluding hydrogens is 640 g/mol. The van der Waals surface area contributed by atoms with Gasteiger partial charge in [-0.3, -0.25) is 9.36 Å². The Morgan fingerprint density at radius 2 is 1.86 bits per heavy atom. The van der Waals surface area contributed by atoms with E-state index >= 15 is 0 Å². The zero-order valence-corrected chi connectivity index (χ0v) is 27.0. The van der Waals surface area contributed by atoms with Crippen LogP contribution in [0.1, 0.15) is 41.0 Å². The Bertz CT molecular complexity index is 2110. The summed E-state index contributed by atoms with van der Waals surface area (Å²) < 4.78 is 20.3. The number of carbonyl (C=O) groups excluding carboxylic acids is 1. The molecule has 7 nitrogen and oxygen atoms in total. The van der Waals surface area contributed by atoms with Crippen molar-refractivity contribution in [2.24, 2.45) is 4.99 Å². The molecular formula is C35H29BrN2O5S. The normalized spacial score (nSPS) is 14.8. The fourth-order valence-corrected chi connectivity index (χ4v) is 6.96. The first-order valence-electron chi connectivity index (χ1n) is 14.1. The molecule has 1 atom stereocenters. The van der Waals surface area contributed by atoms with E-state index < -0.39 is 12.0 Å². The molecule has 0 radical (unpaired) electrons. The van der Waals surface area contributed by atoms with E-state index in [-0.39, 0.29) is 17.7 Å². The van der Waals surface area contributed by atoms with Crippen LogP contribution in [-0.2, 0) is 9.53 Å². The number of aromatic nitrogens is 1. The minimum atomic E-state index is -0.798. The summed E-state index contributed by atoms with van der Waals surface area (Å²) in [4.78, 5) is 33.2. The van der Waals surface area contributed by atoms with Gasteiger partial charge in [-0.15, -0.1) is 0 Å². The second kappa shape index (κ2) is 12.3. The standard InChI is InChI=1S/C35H29BrN2O5S/c1-5-42-34(40)30-31(22-9-7-6-8-10-22)37-35-38(32(30)23-13-12-21(3)28(18-23)41-4)33(39)29(44-35)19-24-14-16-27(43-24)25-15-11-20(2)17-26(25)36/h6-19,32H,5H2,1-4H3/b29-19+/t32-/m0/s1. The molecule has 9 heteroatoms. The largest absolute Gasteiger partial charge is 0.496 e. The molecule has 1 aliphatic rings. The van der Waals surface area contributed by atoms with Crippen molar-refractivity contribution in [1.82, 2.24) is 4.57 Å². The van der Waals surface area contributed by atoms with E-state index in [2.05, 4.69) is 15.9 Å². The highest BCUT2D eigenvalue weighted by molar-refractivity contribution is 9.10. The first-order chi connectivity index (χ1) is 21.3. The first-order valence-corrected chi connectivity index (χ1v) is 15.7. The van der Waals surface area contributed by atoms with E-state index in [9.17, 15) is 9.59 Å². The van der Waals surface area contributed by atoms with Crippen LogP contribution in [0.5, 0.6) is 5.75 Å². The van der Waals surface area contributed by atoms with Gasteiger partial charge in [-0.2, -0.15) is 0 Å². The zero-order valence-electron chi connectivity index (χ0n) is 24.6. The van der Waals surface area contributed by atoms with Crippen molar-refractivity contribution in [2.75, 3.05) is 13.7 Å². The lowest BCUT2D eigenvalue weighted by molar-refractivity contribution is -0.138. The van der Waals surface area contributed by atoms with Crippen LogP contribution in [0.4, 0.5) is 0 Å². The number of furan rings is 1. The lowest BCUT2D eigenvalue weighted by Gasteiger charge is -2.26. The molecule has 0 aliphatic carbocycles. The van der Waals surface area contributed by atoms with Crippen molar-refractivity contribution in [2.45, 2.75) is 26.8 Å². The van der Waals surface area contributed by atoms with Crippen LogP contribution in [0.3, 0.4) is 0 Å². The summed E-state index contributed by atoms with van der Waals surface area (Å²) in [5.41, 5.74) is 4.89. The van der Waals surface area contributed by atoms with E-state index in [0.29, 0.717) is 37.9 Å². The summed E-state index contributed by atoms with van der Waals surface area (Å²) in [6.07, 6.45) is 1.72. The number of rotatable bonds is 7. The van der Waals surface area contributed by atoms with Gasteiger partial charge >= 0.3 is 5.97 Å². The summed E-state index contributed by atoms with van der Waals surface area (Å²) in [6, 6.07) is 24.1. The fraction of sp³-hybridized carbons (Fsp3) is 0.171. The predicted molar refractivity (Wildman–Crippen MR) is 175 cm³/mol. The number of ether oxygens (including phenoxy) is 2. The molecule has 0 N–H and O–H groups in total. The molecule has 0 bridgehead atoms. The quantitative estimate of drug-likeness (QED) is 0.183. The SMILES string of the molecule is CCOC(=O)C1=C(c2ccccc2)N=c2s/c(=C/c3ccc(-c4ccc(C)cc4Br)o3)c(=O)n2[C@H]1c1ccc(C)c(OC)c1. The molecule has 0 saturated heterocycles. The third-order valence-electron chi connectivity index (χ3n) is 7.41. The van der Waals surface area contributed by atoms with E-state index in [1.807, 2.05) is 92.7 Å². The van der Waals surface area contributed by atoms with Gasteiger partial charge in [-0.05, 0) is 67.8 Å². The van der Waals surface area contributed by atoms with Gasteiger partial charge in [-0.1, -0.05) is 75.8 Å². The van der Waals surface area contributed by atoms with Crippen LogP contribution in [-0.4, -0.2) is 24.3 Å². The zero-order chi connectivity index (χ0) is 31.0. The number of esters is 1. The summed E-state index contributed by atoms with van der Waals surface area (Å²) >= 11 is 4.87. The molecule has 0 amide bonds. The minimum absolute atomic E-state index is 0.177. The Kier molecular flexibility index (Phi) is 8.25. The van der Waals surface area contributed by atoms with Gasteiger partial charge in [0.15, 0.2) is 4.80 Å². The highest BCUT2D eigenvalue weighted by Crippen LogP contribution is 2.37. The lowest BCUT2D eigenvalue weighted by Crippen LogP contribution is -2.40. The second-order valence-electron chi connectivity index (χ2n) is 10.3.